The molecule has 44 heavy (non-hydrogen) atoms. The van der Waals surface area contributed by atoms with Crippen LogP contribution < -0.4 is 0 Å². The molecule has 0 saturated carbocycles. The number of likely N-dealkylation sites (tertiary alicyclic amines) is 2. The summed E-state index contributed by atoms with van der Waals surface area (Å²) in [5.41, 5.74) is 0.806. The summed E-state index contributed by atoms with van der Waals surface area (Å²) in [7, 11) is 0. The van der Waals surface area contributed by atoms with Gasteiger partial charge in [0.15, 0.2) is 0 Å². The van der Waals surface area contributed by atoms with Crippen LogP contribution in [0.3, 0.4) is 0 Å². The minimum Gasteiger partial charge on any atom is -0.444 e. The van der Waals surface area contributed by atoms with Crippen LogP contribution in [0.5, 0.6) is 0 Å². The monoisotopic (exact) mass is 636 g/mol. The molecule has 0 aliphatic carbocycles. The van der Waals surface area contributed by atoms with Crippen molar-refractivity contribution < 1.29 is 19.1 Å². The van der Waals surface area contributed by atoms with Crippen LogP contribution in [0.4, 0.5) is 9.59 Å². The van der Waals surface area contributed by atoms with Crippen LogP contribution in [-0.2, 0) is 9.47 Å². The van der Waals surface area contributed by atoms with E-state index < -0.39 is 11.2 Å². The van der Waals surface area contributed by atoms with Crippen molar-refractivity contribution in [2.24, 2.45) is 0 Å². The van der Waals surface area contributed by atoms with E-state index in [1.54, 1.807) is 32.5 Å². The average Bonchev–Trinajstić information content (AvgIpc) is 3.77. The van der Waals surface area contributed by atoms with Crippen LogP contribution >= 0.6 is 22.7 Å². The molecule has 0 spiro atoms. The Kier molecular flexibility index (Phi) is 8.08. The van der Waals surface area contributed by atoms with Crippen LogP contribution in [0.1, 0.15) is 91.0 Å². The number of ether oxygens (including phenoxy) is 2. The van der Waals surface area contributed by atoms with E-state index in [2.05, 4.69) is 44.2 Å². The lowest BCUT2D eigenvalue weighted by Gasteiger charge is -2.27. The topological polar surface area (TPSA) is 116 Å². The Morgan fingerprint density at radius 1 is 0.705 bits per heavy atom. The van der Waals surface area contributed by atoms with Gasteiger partial charge in [-0.15, -0.1) is 22.7 Å². The van der Waals surface area contributed by atoms with Crippen LogP contribution in [-0.4, -0.2) is 66.2 Å². The zero-order valence-corrected chi connectivity index (χ0v) is 27.7. The Bertz CT molecular complexity index is 1520. The molecule has 4 aromatic rings. The molecule has 12 heteroatoms. The highest BCUT2D eigenvalue weighted by atomic mass is 32.1. The molecule has 2 fully saturated rings. The maximum atomic E-state index is 12.8. The van der Waals surface area contributed by atoms with Gasteiger partial charge in [0.2, 0.25) is 0 Å². The Morgan fingerprint density at radius 2 is 1.09 bits per heavy atom. The number of imidazole rings is 2. The zero-order valence-electron chi connectivity index (χ0n) is 26.1. The number of aromatic nitrogens is 4. The summed E-state index contributed by atoms with van der Waals surface area (Å²) in [6, 6.07) is 8.26. The van der Waals surface area contributed by atoms with Gasteiger partial charge in [0, 0.05) is 22.8 Å². The molecule has 0 unspecified atom stereocenters. The third-order valence-electron chi connectivity index (χ3n) is 7.57. The Morgan fingerprint density at radius 3 is 1.48 bits per heavy atom. The van der Waals surface area contributed by atoms with Crippen LogP contribution in [0, 0.1) is 0 Å². The number of aromatic amines is 2. The molecule has 0 bridgehead atoms. The normalized spacial score (nSPS) is 19.1. The number of amides is 2. The molecule has 0 radical (unpaired) electrons. The second-order valence-corrected chi connectivity index (χ2v) is 15.5. The SMILES string of the molecule is CC(C)(C)OC(=O)N1CCC[C@@H]1c1ncc(-c2ccc(-c3ccc(-c4cnc([C@H]5CCCN5C(=O)OC(C)(C)C)[nH]4)s3)s2)[nH]1. The van der Waals surface area contributed by atoms with E-state index in [9.17, 15) is 9.59 Å². The second-order valence-electron chi connectivity index (χ2n) is 13.4. The van der Waals surface area contributed by atoms with Gasteiger partial charge in [-0.25, -0.2) is 19.6 Å². The molecular formula is C32H40N6O4S2. The minimum absolute atomic E-state index is 0.113. The van der Waals surface area contributed by atoms with Crippen molar-refractivity contribution in [3.63, 3.8) is 0 Å². The average molecular weight is 637 g/mol. The van der Waals surface area contributed by atoms with Crippen molar-refractivity contribution in [3.05, 3.63) is 48.3 Å². The Balaban J connectivity index is 1.14. The molecule has 2 amide bonds. The quantitative estimate of drug-likeness (QED) is 0.227. The van der Waals surface area contributed by atoms with Crippen molar-refractivity contribution in [2.75, 3.05) is 13.1 Å². The third kappa shape index (κ3) is 6.56. The van der Waals surface area contributed by atoms with Gasteiger partial charge in [0.1, 0.15) is 22.9 Å². The first-order valence-corrected chi connectivity index (χ1v) is 16.8. The lowest BCUT2D eigenvalue weighted by Crippen LogP contribution is -2.36. The number of hydrogen-bond acceptors (Lipinski definition) is 8. The molecule has 2 atom stereocenters. The molecule has 234 valence electrons. The van der Waals surface area contributed by atoms with Crippen molar-refractivity contribution in [1.29, 1.82) is 0 Å². The summed E-state index contributed by atoms with van der Waals surface area (Å²) in [4.78, 5) is 49.9. The van der Waals surface area contributed by atoms with Gasteiger partial charge in [-0.1, -0.05) is 0 Å². The Hall–Kier alpha value is -3.64. The van der Waals surface area contributed by atoms with Crippen LogP contribution in [0.25, 0.3) is 30.9 Å². The maximum Gasteiger partial charge on any atom is 0.410 e. The van der Waals surface area contributed by atoms with E-state index in [0.717, 1.165) is 68.2 Å². The third-order valence-corrected chi connectivity index (χ3v) is 10.0. The van der Waals surface area contributed by atoms with Crippen molar-refractivity contribution in [1.82, 2.24) is 29.7 Å². The highest BCUT2D eigenvalue weighted by Crippen LogP contribution is 2.41. The number of rotatable bonds is 5. The number of hydrogen-bond donors (Lipinski definition) is 2. The second kappa shape index (κ2) is 11.7. The summed E-state index contributed by atoms with van der Waals surface area (Å²) >= 11 is 3.40. The molecule has 6 rings (SSSR count). The fourth-order valence-electron chi connectivity index (χ4n) is 5.67. The largest absolute Gasteiger partial charge is 0.444 e. The number of carbonyl (C=O) groups is 2. The summed E-state index contributed by atoms with van der Waals surface area (Å²) in [6.45, 7) is 12.6. The van der Waals surface area contributed by atoms with E-state index in [1.807, 2.05) is 53.9 Å². The van der Waals surface area contributed by atoms with E-state index in [0.29, 0.717) is 13.1 Å². The number of nitrogens with one attached hydrogen (secondary N) is 2. The van der Waals surface area contributed by atoms with Crippen molar-refractivity contribution >= 4 is 34.9 Å². The summed E-state index contributed by atoms with van der Waals surface area (Å²) in [6.07, 6.45) is 6.67. The highest BCUT2D eigenvalue weighted by Gasteiger charge is 2.36. The van der Waals surface area contributed by atoms with Gasteiger partial charge < -0.3 is 19.4 Å². The van der Waals surface area contributed by atoms with Gasteiger partial charge in [-0.05, 0) is 91.5 Å². The lowest BCUT2D eigenvalue weighted by molar-refractivity contribution is 0.0208. The first kappa shape index (κ1) is 30.4. The summed E-state index contributed by atoms with van der Waals surface area (Å²) in [5, 5.41) is 0. The lowest BCUT2D eigenvalue weighted by atomic mass is 10.2. The standard InChI is InChI=1S/C32H40N6O4S2/c1-31(2,3)41-29(39)37-15-7-9-21(37)27-33-17-19(35-27)23-11-13-25(43-23)26-14-12-24(44-26)20-18-34-28(36-20)22-10-8-16-38(22)30(40)42-32(4,5)6/h11-14,17-18,21-22H,7-10,15-16H2,1-6H3,(H,33,35)(H,34,36)/t21-,22-/m1/s1. The van der Waals surface area contributed by atoms with E-state index in [-0.39, 0.29) is 24.3 Å². The van der Waals surface area contributed by atoms with Gasteiger partial charge in [-0.3, -0.25) is 9.80 Å². The molecule has 2 N–H and O–H groups in total. The first-order chi connectivity index (χ1) is 20.8. The molecule has 0 aromatic carbocycles. The van der Waals surface area contributed by atoms with Crippen molar-refractivity contribution in [3.8, 4) is 30.9 Å². The first-order valence-electron chi connectivity index (χ1n) is 15.1. The molecular weight excluding hydrogens is 597 g/mol. The highest BCUT2D eigenvalue weighted by molar-refractivity contribution is 7.25. The smallest absolute Gasteiger partial charge is 0.410 e. The van der Waals surface area contributed by atoms with E-state index in [4.69, 9.17) is 9.47 Å². The van der Waals surface area contributed by atoms with Gasteiger partial charge in [0.05, 0.1) is 45.6 Å². The molecule has 6 heterocycles. The predicted molar refractivity (Wildman–Crippen MR) is 173 cm³/mol. The van der Waals surface area contributed by atoms with Crippen molar-refractivity contribution in [2.45, 2.75) is 90.5 Å². The maximum absolute atomic E-state index is 12.8. The van der Waals surface area contributed by atoms with Gasteiger partial charge >= 0.3 is 12.2 Å². The number of H-pyrrole nitrogens is 2. The predicted octanol–water partition coefficient (Wildman–Crippen LogP) is 8.40. The molecule has 2 aliphatic rings. The summed E-state index contributed by atoms with van der Waals surface area (Å²) in [5.74, 6) is 1.58. The van der Waals surface area contributed by atoms with Gasteiger partial charge in [0.25, 0.3) is 0 Å². The molecule has 4 aromatic heterocycles. The summed E-state index contributed by atoms with van der Waals surface area (Å²) < 4.78 is 11.3. The number of carbonyl (C=O) groups excluding carboxylic acids is 2. The number of nitrogens with zero attached hydrogens (tertiary/aromatic N) is 4. The van der Waals surface area contributed by atoms with Crippen LogP contribution in [0.2, 0.25) is 0 Å². The molecule has 10 nitrogen and oxygen atoms in total. The Labute approximate surface area is 265 Å². The fourth-order valence-corrected chi connectivity index (χ4v) is 7.71. The van der Waals surface area contributed by atoms with E-state index >= 15 is 0 Å². The van der Waals surface area contributed by atoms with E-state index in [1.165, 1.54) is 0 Å². The molecule has 2 saturated heterocycles. The minimum atomic E-state index is -0.536. The van der Waals surface area contributed by atoms with Gasteiger partial charge in [-0.2, -0.15) is 0 Å². The molecule has 2 aliphatic heterocycles. The fraction of sp³-hybridized carbons (Fsp3) is 0.500. The zero-order chi connectivity index (χ0) is 31.2. The van der Waals surface area contributed by atoms with Crippen LogP contribution in [0.15, 0.2) is 36.7 Å². The number of thiophene rings is 2.